The lowest BCUT2D eigenvalue weighted by atomic mass is 9.83. The Kier molecular flexibility index (Phi) is 6.46. The van der Waals surface area contributed by atoms with Crippen LogP contribution in [0.4, 0.5) is 0 Å². The highest BCUT2D eigenvalue weighted by Gasteiger charge is 2.34. The molecule has 0 aliphatic carbocycles. The Morgan fingerprint density at radius 2 is 1.90 bits per heavy atom. The highest BCUT2D eigenvalue weighted by molar-refractivity contribution is 5.86. The largest absolute Gasteiger partial charge is 0.378 e. The summed E-state index contributed by atoms with van der Waals surface area (Å²) in [6, 6.07) is 2.09. The molecule has 0 bridgehead atoms. The van der Waals surface area contributed by atoms with E-state index >= 15 is 0 Å². The number of hydrogen-bond acceptors (Lipinski definition) is 4. The minimum Gasteiger partial charge on any atom is -0.378 e. The molecule has 0 atom stereocenters. The van der Waals surface area contributed by atoms with E-state index < -0.39 is 5.41 Å². The van der Waals surface area contributed by atoms with Crippen LogP contribution >= 0.6 is 0 Å². The van der Waals surface area contributed by atoms with E-state index in [1.54, 1.807) is 4.90 Å². The van der Waals surface area contributed by atoms with Crippen LogP contribution < -0.4 is 5.32 Å². The van der Waals surface area contributed by atoms with Crippen LogP contribution in [0.3, 0.4) is 0 Å². The van der Waals surface area contributed by atoms with E-state index in [4.69, 9.17) is 10.00 Å². The predicted molar refractivity (Wildman–Crippen MR) is 73.7 cm³/mol. The third kappa shape index (κ3) is 3.94. The summed E-state index contributed by atoms with van der Waals surface area (Å²) in [6.45, 7) is 6.29. The van der Waals surface area contributed by atoms with Gasteiger partial charge in [-0.15, -0.1) is 0 Å². The average molecular weight is 281 g/mol. The summed E-state index contributed by atoms with van der Waals surface area (Å²) in [6.07, 6.45) is 1.22. The van der Waals surface area contributed by atoms with E-state index in [1.165, 1.54) is 0 Å². The van der Waals surface area contributed by atoms with Gasteiger partial charge < -0.3 is 15.0 Å². The van der Waals surface area contributed by atoms with Gasteiger partial charge in [0.1, 0.15) is 5.41 Å². The number of carbonyl (C=O) groups excluding carboxylic acids is 2. The molecule has 0 aromatic rings. The van der Waals surface area contributed by atoms with Gasteiger partial charge in [-0.3, -0.25) is 9.59 Å². The van der Waals surface area contributed by atoms with Crippen LogP contribution in [0.1, 0.15) is 33.1 Å². The standard InChI is InChI=1S/C14H23N3O3/c1-3-14(4-2,11-15)13(19)16-6-5-12(18)17-7-9-20-10-8-17/h3-10H2,1-2H3,(H,16,19). The molecule has 1 fully saturated rings. The van der Waals surface area contributed by atoms with Crippen LogP contribution in [0.15, 0.2) is 0 Å². The molecule has 0 aromatic carbocycles. The zero-order valence-corrected chi connectivity index (χ0v) is 12.3. The number of nitriles is 1. The van der Waals surface area contributed by atoms with Crippen molar-refractivity contribution in [1.29, 1.82) is 5.26 Å². The molecule has 0 unspecified atom stereocenters. The first-order chi connectivity index (χ1) is 9.59. The molecule has 0 saturated carbocycles. The predicted octanol–water partition coefficient (Wildman–Crippen LogP) is 0.681. The highest BCUT2D eigenvalue weighted by Crippen LogP contribution is 2.25. The third-order valence-corrected chi connectivity index (χ3v) is 3.84. The lowest BCUT2D eigenvalue weighted by Crippen LogP contribution is -2.44. The van der Waals surface area contributed by atoms with Crippen molar-refractivity contribution in [3.63, 3.8) is 0 Å². The number of nitrogens with zero attached hydrogens (tertiary/aromatic N) is 2. The molecule has 0 aromatic heterocycles. The average Bonchev–Trinajstić information content (AvgIpc) is 2.50. The molecular formula is C14H23N3O3. The van der Waals surface area contributed by atoms with Crippen LogP contribution in [0, 0.1) is 16.7 Å². The fraction of sp³-hybridized carbons (Fsp3) is 0.786. The van der Waals surface area contributed by atoms with Gasteiger partial charge in [-0.1, -0.05) is 13.8 Å². The second-order valence-electron chi connectivity index (χ2n) is 4.90. The van der Waals surface area contributed by atoms with E-state index in [-0.39, 0.29) is 24.8 Å². The Labute approximate surface area is 120 Å². The number of rotatable bonds is 6. The number of morpholine rings is 1. The Bertz CT molecular complexity index is 380. The van der Waals surface area contributed by atoms with Gasteiger partial charge in [0, 0.05) is 26.1 Å². The lowest BCUT2D eigenvalue weighted by molar-refractivity contribution is -0.135. The highest BCUT2D eigenvalue weighted by atomic mass is 16.5. The first kappa shape index (κ1) is 16.4. The molecule has 1 heterocycles. The van der Waals surface area contributed by atoms with Gasteiger partial charge in [0.25, 0.3) is 0 Å². The van der Waals surface area contributed by atoms with Crippen molar-refractivity contribution in [3.8, 4) is 6.07 Å². The van der Waals surface area contributed by atoms with E-state index in [0.717, 1.165) is 0 Å². The van der Waals surface area contributed by atoms with Gasteiger partial charge in [-0.05, 0) is 12.8 Å². The Morgan fingerprint density at radius 1 is 1.30 bits per heavy atom. The summed E-state index contributed by atoms with van der Waals surface area (Å²) >= 11 is 0. The van der Waals surface area contributed by atoms with E-state index in [1.807, 2.05) is 13.8 Å². The monoisotopic (exact) mass is 281 g/mol. The van der Waals surface area contributed by atoms with Crippen LogP contribution in [0.25, 0.3) is 0 Å². The number of ether oxygens (including phenoxy) is 1. The summed E-state index contributed by atoms with van der Waals surface area (Å²) in [5.74, 6) is -0.260. The van der Waals surface area contributed by atoms with E-state index in [9.17, 15) is 9.59 Å². The van der Waals surface area contributed by atoms with Crippen molar-refractivity contribution in [2.24, 2.45) is 5.41 Å². The molecule has 6 heteroatoms. The molecule has 1 rings (SSSR count). The van der Waals surface area contributed by atoms with E-state index in [0.29, 0.717) is 39.1 Å². The fourth-order valence-corrected chi connectivity index (χ4v) is 2.20. The Balaban J connectivity index is 2.38. The van der Waals surface area contributed by atoms with Gasteiger partial charge in [-0.25, -0.2) is 0 Å². The molecule has 0 radical (unpaired) electrons. The van der Waals surface area contributed by atoms with Gasteiger partial charge in [-0.2, -0.15) is 5.26 Å². The van der Waals surface area contributed by atoms with Crippen LogP contribution in [0.5, 0.6) is 0 Å². The minimum atomic E-state index is -0.970. The molecule has 1 aliphatic rings. The minimum absolute atomic E-state index is 0.0177. The topological polar surface area (TPSA) is 82.4 Å². The quantitative estimate of drug-likeness (QED) is 0.776. The molecule has 6 nitrogen and oxygen atoms in total. The number of carbonyl (C=O) groups is 2. The normalized spacial score (nSPS) is 15.6. The molecule has 1 N–H and O–H groups in total. The van der Waals surface area contributed by atoms with Crippen LogP contribution in [-0.4, -0.2) is 49.6 Å². The summed E-state index contributed by atoms with van der Waals surface area (Å²) in [5, 5.41) is 11.9. The van der Waals surface area contributed by atoms with Crippen LogP contribution in [-0.2, 0) is 14.3 Å². The summed E-state index contributed by atoms with van der Waals surface area (Å²) in [7, 11) is 0. The van der Waals surface area contributed by atoms with Gasteiger partial charge >= 0.3 is 0 Å². The van der Waals surface area contributed by atoms with Crippen molar-refractivity contribution in [1.82, 2.24) is 10.2 Å². The molecule has 20 heavy (non-hydrogen) atoms. The van der Waals surface area contributed by atoms with Gasteiger partial charge in [0.05, 0.1) is 19.3 Å². The molecule has 1 saturated heterocycles. The number of nitrogens with one attached hydrogen (secondary N) is 1. The van der Waals surface area contributed by atoms with Crippen LogP contribution in [0.2, 0.25) is 0 Å². The summed E-state index contributed by atoms with van der Waals surface area (Å²) in [4.78, 5) is 25.7. The zero-order chi connectivity index (χ0) is 15.0. The maximum absolute atomic E-state index is 12.0. The zero-order valence-electron chi connectivity index (χ0n) is 12.3. The third-order valence-electron chi connectivity index (χ3n) is 3.84. The molecule has 0 spiro atoms. The molecule has 1 aliphatic heterocycles. The summed E-state index contributed by atoms with van der Waals surface area (Å²) < 4.78 is 5.18. The lowest BCUT2D eigenvalue weighted by Gasteiger charge is -2.27. The fourth-order valence-electron chi connectivity index (χ4n) is 2.20. The first-order valence-corrected chi connectivity index (χ1v) is 7.14. The number of hydrogen-bond donors (Lipinski definition) is 1. The molecular weight excluding hydrogens is 258 g/mol. The van der Waals surface area contributed by atoms with Crippen molar-refractivity contribution >= 4 is 11.8 Å². The van der Waals surface area contributed by atoms with Crippen molar-refractivity contribution in [2.75, 3.05) is 32.8 Å². The molecule has 2 amide bonds. The van der Waals surface area contributed by atoms with Crippen molar-refractivity contribution in [3.05, 3.63) is 0 Å². The second kappa shape index (κ2) is 7.85. The van der Waals surface area contributed by atoms with Crippen molar-refractivity contribution in [2.45, 2.75) is 33.1 Å². The second-order valence-corrected chi connectivity index (χ2v) is 4.90. The van der Waals surface area contributed by atoms with Gasteiger partial charge in [0.15, 0.2) is 0 Å². The van der Waals surface area contributed by atoms with Crippen molar-refractivity contribution < 1.29 is 14.3 Å². The first-order valence-electron chi connectivity index (χ1n) is 7.14. The Hall–Kier alpha value is -1.61. The maximum Gasteiger partial charge on any atom is 0.240 e. The SMILES string of the molecule is CCC(C#N)(CC)C(=O)NCCC(=O)N1CCOCC1. The van der Waals surface area contributed by atoms with Gasteiger partial charge in [0.2, 0.25) is 11.8 Å². The smallest absolute Gasteiger partial charge is 0.240 e. The van der Waals surface area contributed by atoms with E-state index in [2.05, 4.69) is 11.4 Å². The Morgan fingerprint density at radius 3 is 2.40 bits per heavy atom. The maximum atomic E-state index is 12.0. The molecule has 112 valence electrons. The number of amides is 2. The summed E-state index contributed by atoms with van der Waals surface area (Å²) in [5.41, 5.74) is -0.970.